The number of aromatic nitrogens is 1. The molecule has 0 saturated carbocycles. The van der Waals surface area contributed by atoms with E-state index in [1.54, 1.807) is 25.4 Å². The van der Waals surface area contributed by atoms with E-state index < -0.39 is 0 Å². The van der Waals surface area contributed by atoms with E-state index in [0.717, 1.165) is 4.47 Å². The predicted octanol–water partition coefficient (Wildman–Crippen LogP) is 1.99. The maximum Gasteiger partial charge on any atom is 0.245 e. The molecular formula is C12H16BrN3O2S. The first-order valence-corrected chi connectivity index (χ1v) is 7.71. The quantitative estimate of drug-likeness (QED) is 0.886. The van der Waals surface area contributed by atoms with Gasteiger partial charge in [-0.1, -0.05) is 0 Å². The standard InChI is InChI=1S/C12H16BrN3O2S/c1-8(19-3)12(18)16(2)7-11(17)15-10-5-4-9(13)6-14-10/h4-6,8H,7H2,1-3H3,(H,14,15,17). The molecule has 0 radical (unpaired) electrons. The molecule has 0 fully saturated rings. The molecule has 1 aromatic rings. The van der Waals surface area contributed by atoms with Crippen LogP contribution in [-0.4, -0.2) is 46.8 Å². The number of carbonyl (C=O) groups excluding carboxylic acids is 2. The Bertz CT molecular complexity index is 453. The Kier molecular flexibility index (Phi) is 6.30. The number of halogens is 1. The van der Waals surface area contributed by atoms with Gasteiger partial charge in [0.05, 0.1) is 11.8 Å². The van der Waals surface area contributed by atoms with Crippen LogP contribution in [0.2, 0.25) is 0 Å². The summed E-state index contributed by atoms with van der Waals surface area (Å²) in [5, 5.41) is 2.49. The topological polar surface area (TPSA) is 62.3 Å². The summed E-state index contributed by atoms with van der Waals surface area (Å²) >= 11 is 4.72. The predicted molar refractivity (Wildman–Crippen MR) is 81.2 cm³/mol. The van der Waals surface area contributed by atoms with Gasteiger partial charge in [0.25, 0.3) is 0 Å². The highest BCUT2D eigenvalue weighted by atomic mass is 79.9. The summed E-state index contributed by atoms with van der Waals surface area (Å²) in [7, 11) is 1.61. The van der Waals surface area contributed by atoms with E-state index in [2.05, 4.69) is 26.2 Å². The minimum absolute atomic E-state index is 0.0154. The van der Waals surface area contributed by atoms with Gasteiger partial charge in [-0.2, -0.15) is 11.8 Å². The van der Waals surface area contributed by atoms with Gasteiger partial charge >= 0.3 is 0 Å². The molecule has 0 aliphatic carbocycles. The number of hydrogen-bond donors (Lipinski definition) is 1. The molecule has 0 spiro atoms. The second-order valence-electron chi connectivity index (χ2n) is 3.98. The van der Waals surface area contributed by atoms with Crippen LogP contribution in [0, 0.1) is 0 Å². The zero-order chi connectivity index (χ0) is 14.4. The second kappa shape index (κ2) is 7.49. The Hall–Kier alpha value is -1.08. The van der Waals surface area contributed by atoms with Crippen LogP contribution in [0.1, 0.15) is 6.92 Å². The van der Waals surface area contributed by atoms with E-state index in [1.807, 2.05) is 13.2 Å². The van der Waals surface area contributed by atoms with E-state index in [1.165, 1.54) is 16.7 Å². The first kappa shape index (κ1) is 16.0. The Morgan fingerprint density at radius 3 is 2.74 bits per heavy atom. The number of nitrogens with one attached hydrogen (secondary N) is 1. The summed E-state index contributed by atoms with van der Waals surface area (Å²) in [6, 6.07) is 3.47. The Morgan fingerprint density at radius 1 is 1.53 bits per heavy atom. The van der Waals surface area contributed by atoms with Crippen LogP contribution >= 0.6 is 27.7 Å². The number of pyridine rings is 1. The molecule has 2 amide bonds. The third kappa shape index (κ3) is 5.20. The lowest BCUT2D eigenvalue weighted by Gasteiger charge is -2.19. The third-order valence-corrected chi connectivity index (χ3v) is 3.83. The molecule has 0 aromatic carbocycles. The van der Waals surface area contributed by atoms with Crippen molar-refractivity contribution < 1.29 is 9.59 Å². The summed E-state index contributed by atoms with van der Waals surface area (Å²) in [6.07, 6.45) is 3.46. The number of hydrogen-bond acceptors (Lipinski definition) is 4. The highest BCUT2D eigenvalue weighted by Gasteiger charge is 2.18. The summed E-state index contributed by atoms with van der Waals surface area (Å²) < 4.78 is 0.839. The molecule has 104 valence electrons. The van der Waals surface area contributed by atoms with E-state index in [4.69, 9.17) is 0 Å². The minimum Gasteiger partial charge on any atom is -0.335 e. The van der Waals surface area contributed by atoms with Crippen LogP contribution < -0.4 is 5.32 Å². The normalized spacial score (nSPS) is 11.8. The zero-order valence-electron chi connectivity index (χ0n) is 11.0. The molecule has 0 aliphatic rings. The Morgan fingerprint density at radius 2 is 2.21 bits per heavy atom. The molecule has 5 nitrogen and oxygen atoms in total. The molecule has 0 aliphatic heterocycles. The maximum atomic E-state index is 11.8. The van der Waals surface area contributed by atoms with Crippen LogP contribution in [0.25, 0.3) is 0 Å². The van der Waals surface area contributed by atoms with Crippen LogP contribution in [0.5, 0.6) is 0 Å². The summed E-state index contributed by atoms with van der Waals surface area (Å²) in [4.78, 5) is 29.0. The number of thioether (sulfide) groups is 1. The molecule has 7 heteroatoms. The van der Waals surface area contributed by atoms with Crippen LogP contribution in [0.4, 0.5) is 5.82 Å². The highest BCUT2D eigenvalue weighted by molar-refractivity contribution is 9.10. The summed E-state index contributed by atoms with van der Waals surface area (Å²) in [6.45, 7) is 1.83. The Balaban J connectivity index is 2.51. The fourth-order valence-corrected chi connectivity index (χ4v) is 1.95. The number of anilines is 1. The molecule has 1 aromatic heterocycles. The number of nitrogens with zero attached hydrogens (tertiary/aromatic N) is 2. The molecular weight excluding hydrogens is 330 g/mol. The van der Waals surface area contributed by atoms with E-state index >= 15 is 0 Å². The van der Waals surface area contributed by atoms with Crippen LogP contribution in [0.15, 0.2) is 22.8 Å². The number of rotatable bonds is 5. The lowest BCUT2D eigenvalue weighted by atomic mass is 10.4. The lowest BCUT2D eigenvalue weighted by Crippen LogP contribution is -2.38. The van der Waals surface area contributed by atoms with Crippen LogP contribution in [-0.2, 0) is 9.59 Å². The maximum absolute atomic E-state index is 11.8. The first-order chi connectivity index (χ1) is 8.93. The third-order valence-electron chi connectivity index (χ3n) is 2.45. The summed E-state index contributed by atoms with van der Waals surface area (Å²) in [5.74, 6) is 0.136. The fraction of sp³-hybridized carbons (Fsp3) is 0.417. The van der Waals surface area contributed by atoms with Crippen molar-refractivity contribution >= 4 is 45.3 Å². The average molecular weight is 346 g/mol. The molecule has 0 saturated heterocycles. The zero-order valence-corrected chi connectivity index (χ0v) is 13.4. The van der Waals surface area contributed by atoms with Crippen molar-refractivity contribution in [1.82, 2.24) is 9.88 Å². The summed E-state index contributed by atoms with van der Waals surface area (Å²) in [5.41, 5.74) is 0. The molecule has 1 unspecified atom stereocenters. The smallest absolute Gasteiger partial charge is 0.245 e. The molecule has 1 heterocycles. The lowest BCUT2D eigenvalue weighted by molar-refractivity contribution is -0.132. The van der Waals surface area contributed by atoms with E-state index in [0.29, 0.717) is 5.82 Å². The van der Waals surface area contributed by atoms with Crippen LogP contribution in [0.3, 0.4) is 0 Å². The molecule has 0 bridgehead atoms. The van der Waals surface area contributed by atoms with Gasteiger partial charge in [0.1, 0.15) is 5.82 Å². The van der Waals surface area contributed by atoms with Gasteiger partial charge in [-0.15, -0.1) is 0 Å². The van der Waals surface area contributed by atoms with Crippen molar-refractivity contribution in [1.29, 1.82) is 0 Å². The van der Waals surface area contributed by atoms with E-state index in [9.17, 15) is 9.59 Å². The van der Waals surface area contributed by atoms with Gasteiger partial charge in [0, 0.05) is 17.7 Å². The Labute approximate surface area is 125 Å². The van der Waals surface area contributed by atoms with Crippen molar-refractivity contribution in [2.24, 2.45) is 0 Å². The SMILES string of the molecule is CSC(C)C(=O)N(C)CC(=O)Nc1ccc(Br)cn1. The van der Waals surface area contributed by atoms with Gasteiger partial charge in [0.2, 0.25) is 11.8 Å². The highest BCUT2D eigenvalue weighted by Crippen LogP contribution is 2.11. The van der Waals surface area contributed by atoms with Crippen molar-refractivity contribution in [3.05, 3.63) is 22.8 Å². The van der Waals surface area contributed by atoms with Gasteiger partial charge in [-0.25, -0.2) is 4.98 Å². The van der Waals surface area contributed by atoms with Gasteiger partial charge in [-0.3, -0.25) is 9.59 Å². The monoisotopic (exact) mass is 345 g/mol. The fourth-order valence-electron chi connectivity index (χ4n) is 1.34. The van der Waals surface area contributed by atoms with Crippen molar-refractivity contribution in [2.75, 3.05) is 25.2 Å². The van der Waals surface area contributed by atoms with E-state index in [-0.39, 0.29) is 23.6 Å². The van der Waals surface area contributed by atoms with Gasteiger partial charge in [0.15, 0.2) is 0 Å². The van der Waals surface area contributed by atoms with Crippen molar-refractivity contribution in [3.8, 4) is 0 Å². The molecule has 1 rings (SSSR count). The largest absolute Gasteiger partial charge is 0.335 e. The minimum atomic E-state index is -0.265. The first-order valence-electron chi connectivity index (χ1n) is 5.63. The second-order valence-corrected chi connectivity index (χ2v) is 6.08. The van der Waals surface area contributed by atoms with Crippen molar-refractivity contribution in [2.45, 2.75) is 12.2 Å². The number of carbonyl (C=O) groups is 2. The molecule has 1 atom stereocenters. The number of likely N-dealkylation sites (N-methyl/N-ethyl adjacent to an activating group) is 1. The van der Waals surface area contributed by atoms with Gasteiger partial charge in [-0.05, 0) is 41.2 Å². The number of amides is 2. The van der Waals surface area contributed by atoms with Crippen molar-refractivity contribution in [3.63, 3.8) is 0 Å². The molecule has 1 N–H and O–H groups in total. The average Bonchev–Trinajstić information content (AvgIpc) is 2.39. The van der Waals surface area contributed by atoms with Gasteiger partial charge < -0.3 is 10.2 Å². The molecule has 19 heavy (non-hydrogen) atoms.